The number of ether oxygens (including phenoxy) is 1. The Morgan fingerprint density at radius 3 is 2.33 bits per heavy atom. The highest BCUT2D eigenvalue weighted by molar-refractivity contribution is 5.29. The molecule has 0 fully saturated rings. The van der Waals surface area contributed by atoms with Crippen molar-refractivity contribution in [2.45, 2.75) is 39.0 Å². The fourth-order valence-corrected chi connectivity index (χ4v) is 1.60. The van der Waals surface area contributed by atoms with E-state index in [1.807, 2.05) is 13.8 Å². The fourth-order valence-electron chi connectivity index (χ4n) is 1.60. The second kappa shape index (κ2) is 7.28. The summed E-state index contributed by atoms with van der Waals surface area (Å²) in [5.74, 6) is 0.119. The van der Waals surface area contributed by atoms with Gasteiger partial charge in [-0.3, -0.25) is 0 Å². The highest BCUT2D eigenvalue weighted by Gasteiger charge is 2.13. The van der Waals surface area contributed by atoms with Crippen LogP contribution < -0.4 is 10.1 Å². The second-order valence-electron chi connectivity index (χ2n) is 4.16. The lowest BCUT2D eigenvalue weighted by Gasteiger charge is -2.21. The average Bonchev–Trinajstić information content (AvgIpc) is 2.36. The van der Waals surface area contributed by atoms with Crippen molar-refractivity contribution in [2.75, 3.05) is 6.61 Å². The van der Waals surface area contributed by atoms with Gasteiger partial charge in [0.25, 0.3) is 0 Å². The fraction of sp³-hybridized carbons (Fsp3) is 0.538. The third-order valence-corrected chi connectivity index (χ3v) is 2.79. The van der Waals surface area contributed by atoms with Crippen LogP contribution in [0, 0.1) is 0 Å². The van der Waals surface area contributed by atoms with E-state index in [1.165, 1.54) is 12.1 Å². The topological polar surface area (TPSA) is 41.5 Å². The van der Waals surface area contributed by atoms with Crippen LogP contribution in [0.2, 0.25) is 0 Å². The highest BCUT2D eigenvalue weighted by Crippen LogP contribution is 2.19. The van der Waals surface area contributed by atoms with Crippen molar-refractivity contribution in [1.29, 1.82) is 0 Å². The van der Waals surface area contributed by atoms with Crippen molar-refractivity contribution in [3.8, 4) is 5.75 Å². The minimum absolute atomic E-state index is 0.0423. The van der Waals surface area contributed by atoms with Crippen LogP contribution in [0.3, 0.4) is 0 Å². The lowest BCUT2D eigenvalue weighted by Crippen LogP contribution is -2.32. The van der Waals surface area contributed by atoms with Gasteiger partial charge in [0.05, 0.1) is 12.6 Å². The third-order valence-electron chi connectivity index (χ3n) is 2.79. The first-order chi connectivity index (χ1) is 8.56. The Kier molecular flexibility index (Phi) is 6.01. The molecule has 0 bridgehead atoms. The van der Waals surface area contributed by atoms with Gasteiger partial charge in [0.2, 0.25) is 0 Å². The van der Waals surface area contributed by atoms with Gasteiger partial charge < -0.3 is 15.2 Å². The minimum Gasteiger partial charge on any atom is -0.435 e. The number of nitrogens with one attached hydrogen (secondary N) is 1. The molecule has 0 spiro atoms. The molecule has 0 aromatic heterocycles. The van der Waals surface area contributed by atoms with Crippen LogP contribution in [-0.2, 0) is 0 Å². The molecule has 0 saturated carbocycles. The summed E-state index contributed by atoms with van der Waals surface area (Å²) in [6.45, 7) is 1.21. The van der Waals surface area contributed by atoms with E-state index in [2.05, 4.69) is 10.1 Å². The summed E-state index contributed by atoms with van der Waals surface area (Å²) in [6.07, 6.45) is 0.947. The summed E-state index contributed by atoms with van der Waals surface area (Å²) in [5, 5.41) is 12.6. The van der Waals surface area contributed by atoms with E-state index in [1.54, 1.807) is 12.1 Å². The number of benzene rings is 1. The first kappa shape index (κ1) is 14.9. The van der Waals surface area contributed by atoms with Crippen molar-refractivity contribution in [1.82, 2.24) is 5.32 Å². The smallest absolute Gasteiger partial charge is 0.387 e. The Labute approximate surface area is 106 Å². The molecule has 1 aromatic rings. The molecule has 0 heterocycles. The summed E-state index contributed by atoms with van der Waals surface area (Å²) in [7, 11) is 0. The molecule has 0 aliphatic carbocycles. The van der Waals surface area contributed by atoms with Crippen molar-refractivity contribution < 1.29 is 18.6 Å². The standard InChI is InChI=1S/C13H19F2NO2/c1-3-9(2)16-12(8-17)10-4-6-11(7-5-10)18-13(14)15/h4-7,9,12-13,16-17H,3,8H2,1-2H3. The molecule has 2 N–H and O–H groups in total. The number of hydrogen-bond donors (Lipinski definition) is 2. The number of rotatable bonds is 7. The summed E-state index contributed by atoms with van der Waals surface area (Å²) < 4.78 is 28.2. The van der Waals surface area contributed by atoms with E-state index >= 15 is 0 Å². The van der Waals surface area contributed by atoms with E-state index in [0.29, 0.717) is 0 Å². The lowest BCUT2D eigenvalue weighted by molar-refractivity contribution is -0.0498. The quantitative estimate of drug-likeness (QED) is 0.791. The van der Waals surface area contributed by atoms with Gasteiger partial charge in [0.1, 0.15) is 5.75 Å². The Hall–Kier alpha value is -1.20. The zero-order valence-corrected chi connectivity index (χ0v) is 10.6. The van der Waals surface area contributed by atoms with Crippen LogP contribution in [0.5, 0.6) is 5.75 Å². The Balaban J connectivity index is 2.69. The molecule has 18 heavy (non-hydrogen) atoms. The van der Waals surface area contributed by atoms with Crippen LogP contribution in [0.25, 0.3) is 0 Å². The zero-order chi connectivity index (χ0) is 13.5. The first-order valence-electron chi connectivity index (χ1n) is 5.98. The van der Waals surface area contributed by atoms with Gasteiger partial charge in [0, 0.05) is 6.04 Å². The van der Waals surface area contributed by atoms with Gasteiger partial charge in [-0.15, -0.1) is 0 Å². The summed E-state index contributed by atoms with van der Waals surface area (Å²) in [5.41, 5.74) is 0.847. The Morgan fingerprint density at radius 1 is 1.28 bits per heavy atom. The van der Waals surface area contributed by atoms with E-state index in [4.69, 9.17) is 0 Å². The van der Waals surface area contributed by atoms with E-state index in [9.17, 15) is 13.9 Å². The summed E-state index contributed by atoms with van der Waals surface area (Å²) >= 11 is 0. The molecule has 102 valence electrons. The summed E-state index contributed by atoms with van der Waals surface area (Å²) in [6, 6.07) is 6.38. The maximum absolute atomic E-state index is 12.0. The molecule has 0 aliphatic rings. The second-order valence-corrected chi connectivity index (χ2v) is 4.16. The number of aliphatic hydroxyl groups is 1. The van der Waals surface area contributed by atoms with Crippen LogP contribution in [0.1, 0.15) is 31.9 Å². The number of aliphatic hydroxyl groups excluding tert-OH is 1. The minimum atomic E-state index is -2.82. The molecule has 3 nitrogen and oxygen atoms in total. The normalized spacial score (nSPS) is 14.6. The van der Waals surface area contributed by atoms with Crippen molar-refractivity contribution >= 4 is 0 Å². The molecule has 5 heteroatoms. The Bertz CT molecular complexity index is 343. The monoisotopic (exact) mass is 259 g/mol. The maximum atomic E-state index is 12.0. The molecule has 1 aromatic carbocycles. The molecule has 0 amide bonds. The number of hydrogen-bond acceptors (Lipinski definition) is 3. The van der Waals surface area contributed by atoms with Crippen molar-refractivity contribution in [2.24, 2.45) is 0 Å². The van der Waals surface area contributed by atoms with Crippen LogP contribution >= 0.6 is 0 Å². The van der Waals surface area contributed by atoms with Crippen molar-refractivity contribution in [3.05, 3.63) is 29.8 Å². The molecule has 2 unspecified atom stereocenters. The van der Waals surface area contributed by atoms with E-state index in [0.717, 1.165) is 12.0 Å². The highest BCUT2D eigenvalue weighted by atomic mass is 19.3. The predicted octanol–water partition coefficient (Wildman–Crippen LogP) is 2.71. The molecular formula is C13H19F2NO2. The third kappa shape index (κ3) is 4.58. The SMILES string of the molecule is CCC(C)NC(CO)c1ccc(OC(F)F)cc1. The van der Waals surface area contributed by atoms with Gasteiger partial charge in [-0.1, -0.05) is 19.1 Å². The Morgan fingerprint density at radius 2 is 1.89 bits per heavy atom. The van der Waals surface area contributed by atoms with Crippen molar-refractivity contribution in [3.63, 3.8) is 0 Å². The summed E-state index contributed by atoms with van der Waals surface area (Å²) in [4.78, 5) is 0. The van der Waals surface area contributed by atoms with Gasteiger partial charge >= 0.3 is 6.61 Å². The lowest BCUT2D eigenvalue weighted by atomic mass is 10.1. The van der Waals surface area contributed by atoms with Crippen LogP contribution in [0.15, 0.2) is 24.3 Å². The molecule has 0 saturated heterocycles. The molecule has 1 rings (SSSR count). The zero-order valence-electron chi connectivity index (χ0n) is 10.6. The molecule has 2 atom stereocenters. The molecule has 0 radical (unpaired) electrons. The maximum Gasteiger partial charge on any atom is 0.387 e. The van der Waals surface area contributed by atoms with Gasteiger partial charge in [-0.05, 0) is 31.0 Å². The van der Waals surface area contributed by atoms with Crippen LogP contribution in [-0.4, -0.2) is 24.4 Å². The molecule has 0 aliphatic heterocycles. The number of alkyl halides is 2. The van der Waals surface area contributed by atoms with Gasteiger partial charge in [-0.25, -0.2) is 0 Å². The van der Waals surface area contributed by atoms with E-state index in [-0.39, 0.29) is 24.4 Å². The predicted molar refractivity (Wildman–Crippen MR) is 65.8 cm³/mol. The van der Waals surface area contributed by atoms with Gasteiger partial charge in [0.15, 0.2) is 0 Å². The van der Waals surface area contributed by atoms with Gasteiger partial charge in [-0.2, -0.15) is 8.78 Å². The largest absolute Gasteiger partial charge is 0.435 e. The van der Waals surface area contributed by atoms with E-state index < -0.39 is 6.61 Å². The number of halogens is 2. The first-order valence-corrected chi connectivity index (χ1v) is 5.98. The molecular weight excluding hydrogens is 240 g/mol. The van der Waals surface area contributed by atoms with Crippen LogP contribution in [0.4, 0.5) is 8.78 Å². The average molecular weight is 259 g/mol.